The van der Waals surface area contributed by atoms with Crippen molar-refractivity contribution >= 4 is 268 Å². The second-order valence-electron chi connectivity index (χ2n) is 33.1. The highest BCUT2D eigenvalue weighted by Gasteiger charge is 2.28. The van der Waals surface area contributed by atoms with Gasteiger partial charge in [0, 0.05) is 130 Å². The summed E-state index contributed by atoms with van der Waals surface area (Å²) in [6, 6.07) is 136. The monoisotopic (exact) mass is 1720 g/mol. The van der Waals surface area contributed by atoms with Crippen molar-refractivity contribution in [2.45, 2.75) is 0 Å². The van der Waals surface area contributed by atoms with Gasteiger partial charge in [-0.1, -0.05) is 243 Å². The van der Waals surface area contributed by atoms with E-state index in [-0.39, 0.29) is 0 Å². The molecule has 0 N–H and O–H groups in total. The zero-order valence-corrected chi connectivity index (χ0v) is 71.6. The molecule has 0 unspecified atom stereocenters. The van der Waals surface area contributed by atoms with Crippen LogP contribution in [0.4, 0.5) is 0 Å². The van der Waals surface area contributed by atoms with Crippen molar-refractivity contribution in [3.63, 3.8) is 0 Å². The second kappa shape index (κ2) is 28.2. The number of aromatic nitrogens is 9. The smallest absolute Gasteiger partial charge is 0.233 e. The summed E-state index contributed by atoms with van der Waals surface area (Å²) in [5, 5.41) is 26.1. The largest absolute Gasteiger partial charge is 0.450 e. The number of para-hydroxylation sites is 5. The van der Waals surface area contributed by atoms with Crippen LogP contribution in [0.1, 0.15) is 0 Å². The average Bonchev–Trinajstić information content (AvgIpc) is 1.57. The van der Waals surface area contributed by atoms with Crippen LogP contribution in [0.15, 0.2) is 391 Å². The van der Waals surface area contributed by atoms with E-state index in [0.29, 0.717) is 22.9 Å². The average molecular weight is 1720 g/mol. The van der Waals surface area contributed by atoms with E-state index >= 15 is 0 Å². The minimum absolute atomic E-state index is 0.587. The van der Waals surface area contributed by atoms with Gasteiger partial charge in [-0.3, -0.25) is 13.7 Å². The molecule has 12 heterocycles. The standard InChI is InChI=1S/2C38H21N3OS.C38H21N3S2/c1-2-10-23-21-31-28(19-22(23)9-1)25-11-3-6-14-30(25)41(31)38-36-35(27-13-4-7-15-32(27)42-36)39-37(40-38)24-17-18-34-29(20-24)26-12-5-8-16-33(26)43-34;1-2-10-23-20-31-29(19-22(23)9-1)25-11-3-6-14-30(25)41(31)37-35-28-13-4-7-15-32(28)42-38(35)40-36(39-37)24-17-18-27-26-12-5-8-16-33(26)43-34(27)21-24;1-2-10-23-21-31-28(19-22(23)9-1)25-11-3-6-14-30(25)41(31)38-36-35(27-13-5-8-16-33(27)43-36)39-37(40-38)24-17-18-34-29(20-24)26-12-4-7-15-32(26)42-34/h3*1-21H. The maximum Gasteiger partial charge on any atom is 0.233 e. The summed E-state index contributed by atoms with van der Waals surface area (Å²) in [5.74, 6) is 4.56. The van der Waals surface area contributed by atoms with E-state index in [4.69, 9.17) is 38.7 Å². The van der Waals surface area contributed by atoms with Gasteiger partial charge in [-0.05, 0) is 172 Å². The summed E-state index contributed by atoms with van der Waals surface area (Å²) in [6.45, 7) is 0. The van der Waals surface area contributed by atoms with Crippen molar-refractivity contribution in [3.8, 4) is 51.6 Å². The number of fused-ring (bicyclic) bond motifs is 30. The van der Waals surface area contributed by atoms with Crippen LogP contribution < -0.4 is 0 Å². The quantitative estimate of drug-likeness (QED) is 0.162. The predicted molar refractivity (Wildman–Crippen MR) is 544 cm³/mol. The second-order valence-corrected chi connectivity index (χ2v) is 37.4. The Kier molecular flexibility index (Phi) is 15.8. The Labute approximate surface area is 748 Å². The van der Waals surface area contributed by atoms with Crippen molar-refractivity contribution in [1.82, 2.24) is 43.6 Å². The van der Waals surface area contributed by atoms with Crippen molar-refractivity contribution in [1.29, 1.82) is 0 Å². The Morgan fingerprint density at radius 2 is 0.550 bits per heavy atom. The molecule has 18 aromatic carbocycles. The number of benzene rings is 18. The normalized spacial score (nSPS) is 12.2. The molecule has 0 spiro atoms. The topological polar surface area (TPSA) is 118 Å². The molecule has 129 heavy (non-hydrogen) atoms. The van der Waals surface area contributed by atoms with Crippen molar-refractivity contribution in [2.24, 2.45) is 0 Å². The molecule has 0 aliphatic heterocycles. The molecule has 15 heteroatoms. The molecular formula is C114H63N9O2S4. The summed E-state index contributed by atoms with van der Waals surface area (Å²) in [5.41, 5.74) is 14.4. The first-order valence-corrected chi connectivity index (χ1v) is 46.3. The van der Waals surface area contributed by atoms with E-state index in [9.17, 15) is 0 Å². The van der Waals surface area contributed by atoms with Gasteiger partial charge >= 0.3 is 0 Å². The summed E-state index contributed by atoms with van der Waals surface area (Å²) >= 11 is 7.22. The molecule has 600 valence electrons. The molecule has 0 aliphatic carbocycles. The Hall–Kier alpha value is -16.1. The van der Waals surface area contributed by atoms with Crippen LogP contribution in [-0.4, -0.2) is 43.6 Å². The lowest BCUT2D eigenvalue weighted by atomic mass is 10.1. The summed E-state index contributed by atoms with van der Waals surface area (Å²) < 4.78 is 29.8. The number of rotatable bonds is 6. The van der Waals surface area contributed by atoms with E-state index in [1.807, 2.05) is 59.1 Å². The van der Waals surface area contributed by atoms with E-state index in [1.54, 1.807) is 22.7 Å². The summed E-state index contributed by atoms with van der Waals surface area (Å²) in [4.78, 5) is 31.6. The fraction of sp³-hybridized carbons (Fsp3) is 0. The van der Waals surface area contributed by atoms with Gasteiger partial charge < -0.3 is 8.83 Å². The molecule has 0 amide bonds. The summed E-state index contributed by atoms with van der Waals surface area (Å²) in [7, 11) is 0. The van der Waals surface area contributed by atoms with Gasteiger partial charge in [-0.2, -0.15) is 4.98 Å². The molecule has 0 radical (unpaired) electrons. The van der Waals surface area contributed by atoms with Gasteiger partial charge in [0.2, 0.25) is 5.71 Å². The highest BCUT2D eigenvalue weighted by molar-refractivity contribution is 7.27. The zero-order valence-electron chi connectivity index (χ0n) is 68.3. The lowest BCUT2D eigenvalue weighted by molar-refractivity contribution is 0.653. The minimum Gasteiger partial charge on any atom is -0.450 e. The predicted octanol–water partition coefficient (Wildman–Crippen LogP) is 32.5. The Morgan fingerprint density at radius 1 is 0.202 bits per heavy atom. The van der Waals surface area contributed by atoms with E-state index < -0.39 is 0 Å². The van der Waals surface area contributed by atoms with E-state index in [1.165, 1.54) is 135 Å². The van der Waals surface area contributed by atoms with E-state index in [0.717, 1.165) is 116 Å². The van der Waals surface area contributed by atoms with Crippen molar-refractivity contribution in [2.75, 3.05) is 0 Å². The molecule has 0 fully saturated rings. The third-order valence-electron chi connectivity index (χ3n) is 25.8. The lowest BCUT2D eigenvalue weighted by Gasteiger charge is -2.11. The molecule has 0 aliphatic rings. The molecule has 0 bridgehead atoms. The highest BCUT2D eigenvalue weighted by Crippen LogP contribution is 2.48. The van der Waals surface area contributed by atoms with Crippen LogP contribution in [0.3, 0.4) is 0 Å². The third kappa shape index (κ3) is 11.2. The third-order valence-corrected chi connectivity index (χ3v) is 30.4. The molecule has 0 atom stereocenters. The first kappa shape index (κ1) is 72.2. The molecule has 0 saturated heterocycles. The maximum atomic E-state index is 6.55. The van der Waals surface area contributed by atoms with Gasteiger partial charge in [0.05, 0.1) is 48.7 Å². The zero-order chi connectivity index (χ0) is 84.2. The number of nitrogens with zero attached hydrogens (tertiary/aromatic N) is 9. The molecule has 30 aromatic rings. The molecule has 0 saturated carbocycles. The Bertz CT molecular complexity index is 9670. The summed E-state index contributed by atoms with van der Waals surface area (Å²) in [6.07, 6.45) is 0. The molecule has 11 nitrogen and oxygen atoms in total. The van der Waals surface area contributed by atoms with Gasteiger partial charge in [-0.15, -0.1) is 45.3 Å². The molecular weight excluding hydrogens is 1660 g/mol. The molecule has 12 aromatic heterocycles. The fourth-order valence-electron chi connectivity index (χ4n) is 19.9. The van der Waals surface area contributed by atoms with Gasteiger partial charge in [-0.25, -0.2) is 24.9 Å². The number of furan rings is 2. The Morgan fingerprint density at radius 3 is 1.08 bits per heavy atom. The fourth-order valence-corrected chi connectivity index (χ4v) is 24.3. The van der Waals surface area contributed by atoms with Gasteiger partial charge in [0.1, 0.15) is 16.7 Å². The van der Waals surface area contributed by atoms with Crippen LogP contribution in [0, 0.1) is 0 Å². The number of hydrogen-bond donors (Lipinski definition) is 0. The number of thiophene rings is 4. The lowest BCUT2D eigenvalue weighted by Crippen LogP contribution is -2.02. The number of hydrogen-bond acceptors (Lipinski definition) is 12. The van der Waals surface area contributed by atoms with Crippen LogP contribution in [0.5, 0.6) is 0 Å². The van der Waals surface area contributed by atoms with Crippen LogP contribution >= 0.6 is 45.3 Å². The van der Waals surface area contributed by atoms with Crippen molar-refractivity contribution in [3.05, 3.63) is 382 Å². The molecule has 30 rings (SSSR count). The van der Waals surface area contributed by atoms with Gasteiger partial charge in [0.15, 0.2) is 40.5 Å². The van der Waals surface area contributed by atoms with Gasteiger partial charge in [0.25, 0.3) is 0 Å². The maximum absolute atomic E-state index is 6.55. The minimum atomic E-state index is 0.587. The first-order chi connectivity index (χ1) is 63.9. The SMILES string of the molecule is c1ccc2cc3c(cc2c1)c1ccccc1n3-c1nc(-c2ccc3c(c2)sc2ccccc23)nc2oc3ccccc3c12.c1ccc2cc3c(cc2c1)c1ccccc1n3-c1nc(-c2ccc3sc4ccccc4c3c2)nc2c1oc1ccccc12.c1ccc2cc3c(cc2c1)c1ccccc1n3-c1nc(-c2ccc3sc4ccccc4c3c2)nc2c1sc1ccccc12. The van der Waals surface area contributed by atoms with Crippen LogP contribution in [-0.2, 0) is 0 Å². The van der Waals surface area contributed by atoms with E-state index in [2.05, 4.69) is 359 Å². The first-order valence-electron chi connectivity index (χ1n) is 43.0. The van der Waals surface area contributed by atoms with Crippen molar-refractivity contribution < 1.29 is 8.83 Å². The van der Waals surface area contributed by atoms with Crippen LogP contribution in [0.25, 0.3) is 274 Å². The Balaban J connectivity index is 0.0000000976. The highest BCUT2D eigenvalue weighted by atomic mass is 32.1. The van der Waals surface area contributed by atoms with Crippen LogP contribution in [0.2, 0.25) is 0 Å².